The Morgan fingerprint density at radius 2 is 1.74 bits per heavy atom. The largest absolute Gasteiger partial charge is 0.489 e. The van der Waals surface area contributed by atoms with Crippen LogP contribution in [0.4, 0.5) is 5.69 Å². The average molecular weight is 333 g/mol. The van der Waals surface area contributed by atoms with Crippen LogP contribution in [-0.2, 0) is 11.4 Å². The summed E-state index contributed by atoms with van der Waals surface area (Å²) in [5.74, 6) is 0.637. The third-order valence-electron chi connectivity index (χ3n) is 3.46. The summed E-state index contributed by atoms with van der Waals surface area (Å²) in [6, 6.07) is 14.2. The molecule has 0 radical (unpaired) electrons. The van der Waals surface area contributed by atoms with Gasteiger partial charge in [-0.2, -0.15) is 0 Å². The summed E-state index contributed by atoms with van der Waals surface area (Å²) in [6.07, 6.45) is 0. The van der Waals surface area contributed by atoms with Crippen molar-refractivity contribution in [1.29, 1.82) is 0 Å². The summed E-state index contributed by atoms with van der Waals surface area (Å²) >= 11 is 5.85. The molecule has 0 unspecified atom stereocenters. The van der Waals surface area contributed by atoms with Gasteiger partial charge >= 0.3 is 0 Å². The van der Waals surface area contributed by atoms with Crippen molar-refractivity contribution in [2.24, 2.45) is 11.7 Å². The number of anilines is 1. The Morgan fingerprint density at radius 1 is 1.13 bits per heavy atom. The van der Waals surface area contributed by atoms with Gasteiger partial charge in [-0.15, -0.1) is 0 Å². The van der Waals surface area contributed by atoms with Crippen LogP contribution in [0, 0.1) is 5.92 Å². The molecule has 0 aliphatic carbocycles. The molecule has 23 heavy (non-hydrogen) atoms. The van der Waals surface area contributed by atoms with E-state index in [1.54, 1.807) is 12.1 Å². The van der Waals surface area contributed by atoms with E-state index in [-0.39, 0.29) is 11.8 Å². The molecule has 4 nitrogen and oxygen atoms in total. The summed E-state index contributed by atoms with van der Waals surface area (Å²) < 4.78 is 5.70. The highest BCUT2D eigenvalue weighted by Crippen LogP contribution is 2.18. The molecule has 0 fully saturated rings. The zero-order valence-electron chi connectivity index (χ0n) is 13.3. The third-order valence-corrected chi connectivity index (χ3v) is 3.71. The minimum Gasteiger partial charge on any atom is -0.489 e. The molecule has 0 bridgehead atoms. The number of nitrogens with one attached hydrogen (secondary N) is 1. The van der Waals surface area contributed by atoms with Gasteiger partial charge in [0.2, 0.25) is 5.91 Å². The minimum atomic E-state index is -0.518. The van der Waals surface area contributed by atoms with Crippen molar-refractivity contribution in [3.63, 3.8) is 0 Å². The normalized spacial score (nSPS) is 12.0. The number of rotatable bonds is 6. The van der Waals surface area contributed by atoms with Crippen molar-refractivity contribution in [1.82, 2.24) is 0 Å². The monoisotopic (exact) mass is 332 g/mol. The number of hydrogen-bond donors (Lipinski definition) is 2. The zero-order chi connectivity index (χ0) is 16.8. The molecule has 0 saturated carbocycles. The molecule has 2 aromatic carbocycles. The quantitative estimate of drug-likeness (QED) is 0.844. The van der Waals surface area contributed by atoms with Crippen molar-refractivity contribution in [2.45, 2.75) is 26.5 Å². The van der Waals surface area contributed by atoms with Gasteiger partial charge in [-0.1, -0.05) is 37.6 Å². The van der Waals surface area contributed by atoms with Crippen molar-refractivity contribution < 1.29 is 9.53 Å². The first-order valence-electron chi connectivity index (χ1n) is 7.49. The number of carbonyl (C=O) groups is 1. The standard InChI is InChI=1S/C18H21ClN2O2/c1-12(2)17(20)18(22)21-15-7-9-16(10-8-15)23-11-13-3-5-14(19)6-4-13/h3-10,12,17H,11,20H2,1-2H3,(H,21,22)/t17-/m0/s1. The molecule has 0 heterocycles. The second kappa shape index (κ2) is 7.99. The number of amides is 1. The molecule has 122 valence electrons. The fourth-order valence-corrected chi connectivity index (χ4v) is 2.04. The fraction of sp³-hybridized carbons (Fsp3) is 0.278. The maximum Gasteiger partial charge on any atom is 0.241 e. The van der Waals surface area contributed by atoms with E-state index < -0.39 is 6.04 Å². The van der Waals surface area contributed by atoms with Crippen molar-refractivity contribution in [2.75, 3.05) is 5.32 Å². The molecule has 0 saturated heterocycles. The molecule has 0 aromatic heterocycles. The zero-order valence-corrected chi connectivity index (χ0v) is 14.0. The molecule has 3 N–H and O–H groups in total. The van der Waals surface area contributed by atoms with Crippen LogP contribution in [0.3, 0.4) is 0 Å². The molecule has 2 aromatic rings. The van der Waals surface area contributed by atoms with Crippen molar-refractivity contribution >= 4 is 23.2 Å². The Hall–Kier alpha value is -2.04. The Labute approximate surface area is 141 Å². The molecule has 0 aliphatic rings. The van der Waals surface area contributed by atoms with Crippen LogP contribution in [0.25, 0.3) is 0 Å². The van der Waals surface area contributed by atoms with Gasteiger partial charge in [-0.3, -0.25) is 4.79 Å². The van der Waals surface area contributed by atoms with Gasteiger partial charge in [0, 0.05) is 10.7 Å². The van der Waals surface area contributed by atoms with Crippen LogP contribution in [0.15, 0.2) is 48.5 Å². The Kier molecular flexibility index (Phi) is 6.02. The topological polar surface area (TPSA) is 64.4 Å². The summed E-state index contributed by atoms with van der Waals surface area (Å²) in [5, 5.41) is 3.50. The average Bonchev–Trinajstić information content (AvgIpc) is 2.54. The van der Waals surface area contributed by atoms with E-state index in [1.165, 1.54) is 0 Å². The second-order valence-corrected chi connectivity index (χ2v) is 6.14. The highest BCUT2D eigenvalue weighted by molar-refractivity contribution is 6.30. The molecule has 1 amide bonds. The Bertz CT molecular complexity index is 639. The number of ether oxygens (including phenoxy) is 1. The van der Waals surface area contributed by atoms with Gasteiger partial charge in [0.25, 0.3) is 0 Å². The van der Waals surface area contributed by atoms with Crippen LogP contribution in [0.5, 0.6) is 5.75 Å². The van der Waals surface area contributed by atoms with Crippen LogP contribution in [0.1, 0.15) is 19.4 Å². The lowest BCUT2D eigenvalue weighted by Crippen LogP contribution is -2.39. The first-order chi connectivity index (χ1) is 11.0. The van der Waals surface area contributed by atoms with Gasteiger partial charge in [0.15, 0.2) is 0 Å². The van der Waals surface area contributed by atoms with Crippen molar-refractivity contribution in [3.05, 3.63) is 59.1 Å². The van der Waals surface area contributed by atoms with Crippen LogP contribution >= 0.6 is 11.6 Å². The molecule has 5 heteroatoms. The fourth-order valence-electron chi connectivity index (χ4n) is 1.91. The highest BCUT2D eigenvalue weighted by atomic mass is 35.5. The van der Waals surface area contributed by atoms with Crippen LogP contribution in [-0.4, -0.2) is 11.9 Å². The van der Waals surface area contributed by atoms with E-state index in [0.717, 1.165) is 11.3 Å². The summed E-state index contributed by atoms with van der Waals surface area (Å²) in [7, 11) is 0. The number of halogens is 1. The molecule has 1 atom stereocenters. The summed E-state index contributed by atoms with van der Waals surface area (Å²) in [4.78, 5) is 11.9. The number of carbonyl (C=O) groups excluding carboxylic acids is 1. The first kappa shape index (κ1) is 17.3. The third kappa shape index (κ3) is 5.27. The number of nitrogens with two attached hydrogens (primary N) is 1. The molecular weight excluding hydrogens is 312 g/mol. The minimum absolute atomic E-state index is 0.0944. The predicted molar refractivity (Wildman–Crippen MR) is 93.7 cm³/mol. The van der Waals surface area contributed by atoms with Gasteiger partial charge < -0.3 is 15.8 Å². The van der Waals surface area contributed by atoms with Gasteiger partial charge in [-0.25, -0.2) is 0 Å². The Morgan fingerprint density at radius 3 is 2.30 bits per heavy atom. The van der Waals surface area contributed by atoms with E-state index in [1.807, 2.05) is 50.2 Å². The lowest BCUT2D eigenvalue weighted by Gasteiger charge is -2.15. The van der Waals surface area contributed by atoms with Gasteiger partial charge in [0.05, 0.1) is 6.04 Å². The molecule has 0 aliphatic heterocycles. The maximum absolute atomic E-state index is 11.9. The van der Waals surface area contributed by atoms with Gasteiger partial charge in [0.1, 0.15) is 12.4 Å². The van der Waals surface area contributed by atoms with Crippen LogP contribution < -0.4 is 15.8 Å². The Balaban J connectivity index is 1.89. The predicted octanol–water partition coefficient (Wildman–Crippen LogP) is 3.84. The van der Waals surface area contributed by atoms with Crippen LogP contribution in [0.2, 0.25) is 5.02 Å². The summed E-state index contributed by atoms with van der Waals surface area (Å²) in [6.45, 7) is 4.29. The smallest absolute Gasteiger partial charge is 0.241 e. The second-order valence-electron chi connectivity index (χ2n) is 5.70. The SMILES string of the molecule is CC(C)[C@H](N)C(=O)Nc1ccc(OCc2ccc(Cl)cc2)cc1. The van der Waals surface area contributed by atoms with E-state index >= 15 is 0 Å². The first-order valence-corrected chi connectivity index (χ1v) is 7.87. The van der Waals surface area contributed by atoms with E-state index in [2.05, 4.69) is 5.32 Å². The summed E-state index contributed by atoms with van der Waals surface area (Å²) in [5.41, 5.74) is 7.55. The molecule has 2 rings (SSSR count). The number of benzene rings is 2. The highest BCUT2D eigenvalue weighted by Gasteiger charge is 2.16. The lowest BCUT2D eigenvalue weighted by molar-refractivity contribution is -0.118. The molecule has 0 spiro atoms. The van der Waals surface area contributed by atoms with Crippen molar-refractivity contribution in [3.8, 4) is 5.75 Å². The van der Waals surface area contributed by atoms with E-state index in [4.69, 9.17) is 22.1 Å². The van der Waals surface area contributed by atoms with Gasteiger partial charge in [-0.05, 0) is 47.9 Å². The lowest BCUT2D eigenvalue weighted by atomic mass is 10.1. The molecular formula is C18H21ClN2O2. The van der Waals surface area contributed by atoms with E-state index in [0.29, 0.717) is 17.3 Å². The number of hydrogen-bond acceptors (Lipinski definition) is 3. The van der Waals surface area contributed by atoms with E-state index in [9.17, 15) is 4.79 Å². The maximum atomic E-state index is 11.9.